The predicted molar refractivity (Wildman–Crippen MR) is 73.3 cm³/mol. The highest BCUT2D eigenvalue weighted by Gasteiger charge is 2.36. The lowest BCUT2D eigenvalue weighted by Crippen LogP contribution is -2.43. The Morgan fingerprint density at radius 1 is 1.35 bits per heavy atom. The number of alkyl carbamates (subject to hydrolysis) is 1. The Labute approximate surface area is 119 Å². The molecule has 0 saturated carbocycles. The van der Waals surface area contributed by atoms with E-state index in [1.165, 1.54) is 0 Å². The minimum absolute atomic E-state index is 0.109. The molecule has 2 heterocycles. The quantitative estimate of drug-likeness (QED) is 0.829. The summed E-state index contributed by atoms with van der Waals surface area (Å²) >= 11 is 0. The predicted octanol–water partition coefficient (Wildman–Crippen LogP) is 1.29. The van der Waals surface area contributed by atoms with Crippen LogP contribution in [0, 0.1) is 0 Å². The molecule has 6 heteroatoms. The van der Waals surface area contributed by atoms with Gasteiger partial charge in [0.05, 0.1) is 6.04 Å². The lowest BCUT2D eigenvalue weighted by atomic mass is 10.1. The molecular formula is C14H24N2O4. The van der Waals surface area contributed by atoms with Crippen molar-refractivity contribution in [3.63, 3.8) is 0 Å². The number of nitrogens with zero attached hydrogens (tertiary/aromatic N) is 1. The Bertz CT molecular complexity index is 372. The Kier molecular flexibility index (Phi) is 4.52. The highest BCUT2D eigenvalue weighted by Crippen LogP contribution is 2.21. The molecule has 0 radical (unpaired) electrons. The number of nitrogens with one attached hydrogen (secondary N) is 1. The maximum Gasteiger partial charge on any atom is 0.407 e. The number of hydrogen-bond donors (Lipinski definition) is 1. The number of carbonyl (C=O) groups excluding carboxylic acids is 2. The van der Waals surface area contributed by atoms with Crippen molar-refractivity contribution >= 4 is 12.0 Å². The Morgan fingerprint density at radius 3 is 2.60 bits per heavy atom. The molecule has 1 N–H and O–H groups in total. The van der Waals surface area contributed by atoms with E-state index < -0.39 is 11.7 Å². The zero-order valence-electron chi connectivity index (χ0n) is 12.5. The van der Waals surface area contributed by atoms with Crippen LogP contribution in [0.25, 0.3) is 0 Å². The molecule has 0 aromatic rings. The van der Waals surface area contributed by atoms with E-state index >= 15 is 0 Å². The fourth-order valence-corrected chi connectivity index (χ4v) is 2.65. The summed E-state index contributed by atoms with van der Waals surface area (Å²) < 4.78 is 10.5. The second-order valence-corrected chi connectivity index (χ2v) is 6.44. The fraction of sp³-hybridized carbons (Fsp3) is 0.857. The van der Waals surface area contributed by atoms with Crippen molar-refractivity contribution < 1.29 is 19.1 Å². The molecule has 2 amide bonds. The van der Waals surface area contributed by atoms with E-state index in [1.807, 2.05) is 25.7 Å². The van der Waals surface area contributed by atoms with E-state index in [0.29, 0.717) is 26.2 Å². The van der Waals surface area contributed by atoms with Crippen LogP contribution in [0.15, 0.2) is 0 Å². The van der Waals surface area contributed by atoms with Gasteiger partial charge in [-0.05, 0) is 33.6 Å². The van der Waals surface area contributed by atoms with Gasteiger partial charge in [-0.3, -0.25) is 4.79 Å². The molecule has 0 aromatic heterocycles. The molecule has 2 aliphatic heterocycles. The number of hydrogen-bond acceptors (Lipinski definition) is 4. The first-order chi connectivity index (χ1) is 9.35. The van der Waals surface area contributed by atoms with Crippen LogP contribution < -0.4 is 5.32 Å². The van der Waals surface area contributed by atoms with E-state index in [0.717, 1.165) is 12.8 Å². The zero-order chi connectivity index (χ0) is 14.8. The van der Waals surface area contributed by atoms with Gasteiger partial charge in [-0.25, -0.2) is 4.79 Å². The van der Waals surface area contributed by atoms with Crippen molar-refractivity contribution in [2.24, 2.45) is 0 Å². The summed E-state index contributed by atoms with van der Waals surface area (Å²) in [5.41, 5.74) is -0.521. The van der Waals surface area contributed by atoms with Gasteiger partial charge in [-0.1, -0.05) is 0 Å². The normalized spacial score (nSPS) is 24.9. The second-order valence-electron chi connectivity index (χ2n) is 6.44. The minimum atomic E-state index is -0.521. The van der Waals surface area contributed by atoms with E-state index in [-0.39, 0.29) is 18.0 Å². The summed E-state index contributed by atoms with van der Waals surface area (Å²) in [5.74, 6) is 0.109. The molecule has 6 nitrogen and oxygen atoms in total. The standard InChI is InChI=1S/C14H24N2O4/c1-14(2,3)20-13(18)15-10-8-12(17)16(9-10)11-4-6-19-7-5-11/h10-11H,4-9H2,1-3H3,(H,15,18). The molecule has 0 bridgehead atoms. The van der Waals surface area contributed by atoms with Crippen molar-refractivity contribution in [3.8, 4) is 0 Å². The van der Waals surface area contributed by atoms with Crippen LogP contribution >= 0.6 is 0 Å². The van der Waals surface area contributed by atoms with E-state index in [2.05, 4.69) is 5.32 Å². The number of carbonyl (C=O) groups is 2. The zero-order valence-corrected chi connectivity index (χ0v) is 12.5. The van der Waals surface area contributed by atoms with Crippen LogP contribution in [-0.4, -0.2) is 54.3 Å². The molecule has 0 aromatic carbocycles. The third kappa shape index (κ3) is 4.10. The van der Waals surface area contributed by atoms with Crippen LogP contribution in [0.2, 0.25) is 0 Å². The molecule has 2 fully saturated rings. The third-order valence-corrected chi connectivity index (χ3v) is 3.51. The topological polar surface area (TPSA) is 67.9 Å². The van der Waals surface area contributed by atoms with Gasteiger partial charge in [0.15, 0.2) is 0 Å². The van der Waals surface area contributed by atoms with E-state index in [9.17, 15) is 9.59 Å². The van der Waals surface area contributed by atoms with Crippen LogP contribution in [0.5, 0.6) is 0 Å². The second kappa shape index (κ2) is 5.99. The molecule has 2 saturated heterocycles. The number of ether oxygens (including phenoxy) is 2. The van der Waals surface area contributed by atoms with Gasteiger partial charge < -0.3 is 19.7 Å². The Balaban J connectivity index is 1.84. The summed E-state index contributed by atoms with van der Waals surface area (Å²) in [6.45, 7) is 7.45. The van der Waals surface area contributed by atoms with Crippen molar-refractivity contribution in [3.05, 3.63) is 0 Å². The number of rotatable bonds is 2. The molecule has 114 valence electrons. The van der Waals surface area contributed by atoms with Crippen molar-refractivity contribution in [2.75, 3.05) is 19.8 Å². The van der Waals surface area contributed by atoms with Crippen molar-refractivity contribution in [2.45, 2.75) is 57.7 Å². The van der Waals surface area contributed by atoms with Gasteiger partial charge in [0.1, 0.15) is 5.60 Å². The lowest BCUT2D eigenvalue weighted by molar-refractivity contribution is -0.131. The summed E-state index contributed by atoms with van der Waals surface area (Å²) in [6.07, 6.45) is 1.66. The van der Waals surface area contributed by atoms with Crippen LogP contribution in [0.3, 0.4) is 0 Å². The van der Waals surface area contributed by atoms with Crippen molar-refractivity contribution in [1.29, 1.82) is 0 Å². The largest absolute Gasteiger partial charge is 0.444 e. The molecule has 0 spiro atoms. The molecule has 2 aliphatic rings. The molecule has 20 heavy (non-hydrogen) atoms. The summed E-state index contributed by atoms with van der Waals surface area (Å²) in [5, 5.41) is 2.78. The third-order valence-electron chi connectivity index (χ3n) is 3.51. The first-order valence-electron chi connectivity index (χ1n) is 7.22. The van der Waals surface area contributed by atoms with E-state index in [4.69, 9.17) is 9.47 Å². The number of amides is 2. The molecule has 1 atom stereocenters. The summed E-state index contributed by atoms with van der Waals surface area (Å²) in [7, 11) is 0. The lowest BCUT2D eigenvalue weighted by Gasteiger charge is -2.31. The van der Waals surface area contributed by atoms with Crippen molar-refractivity contribution in [1.82, 2.24) is 10.2 Å². The average molecular weight is 284 g/mol. The maximum atomic E-state index is 12.0. The first kappa shape index (κ1) is 15.1. The molecule has 1 unspecified atom stereocenters. The van der Waals surface area contributed by atoms with Gasteiger partial charge in [-0.2, -0.15) is 0 Å². The highest BCUT2D eigenvalue weighted by atomic mass is 16.6. The molecule has 0 aliphatic carbocycles. The van der Waals surface area contributed by atoms with Gasteiger partial charge >= 0.3 is 6.09 Å². The van der Waals surface area contributed by atoms with Gasteiger partial charge in [0.25, 0.3) is 0 Å². The Hall–Kier alpha value is -1.30. The van der Waals surface area contributed by atoms with Crippen LogP contribution in [0.1, 0.15) is 40.0 Å². The average Bonchev–Trinajstić information content (AvgIpc) is 2.68. The monoisotopic (exact) mass is 284 g/mol. The highest BCUT2D eigenvalue weighted by molar-refractivity contribution is 5.81. The van der Waals surface area contributed by atoms with Crippen LogP contribution in [0.4, 0.5) is 4.79 Å². The maximum absolute atomic E-state index is 12.0. The summed E-state index contributed by atoms with van der Waals surface area (Å²) in [6, 6.07) is 0.0990. The van der Waals surface area contributed by atoms with Gasteiger partial charge in [0.2, 0.25) is 5.91 Å². The molecular weight excluding hydrogens is 260 g/mol. The minimum Gasteiger partial charge on any atom is -0.444 e. The van der Waals surface area contributed by atoms with Crippen LogP contribution in [-0.2, 0) is 14.3 Å². The van der Waals surface area contributed by atoms with E-state index in [1.54, 1.807) is 0 Å². The number of likely N-dealkylation sites (tertiary alicyclic amines) is 1. The van der Waals surface area contributed by atoms with Gasteiger partial charge in [0, 0.05) is 32.2 Å². The molecule has 2 rings (SSSR count). The fourth-order valence-electron chi connectivity index (χ4n) is 2.65. The van der Waals surface area contributed by atoms with Gasteiger partial charge in [-0.15, -0.1) is 0 Å². The Morgan fingerprint density at radius 2 is 2.00 bits per heavy atom. The smallest absolute Gasteiger partial charge is 0.407 e. The SMILES string of the molecule is CC(C)(C)OC(=O)NC1CC(=O)N(C2CCOCC2)C1. The summed E-state index contributed by atoms with van der Waals surface area (Å²) in [4.78, 5) is 25.6. The first-order valence-corrected chi connectivity index (χ1v) is 7.22.